The number of aromatic nitrogens is 2. The molecule has 25 heavy (non-hydrogen) atoms. The normalized spacial score (nSPS) is 11.1. The Balaban J connectivity index is 1.91. The number of unbranched alkanes of at least 4 members (excludes halogenated alkanes) is 2. The summed E-state index contributed by atoms with van der Waals surface area (Å²) < 4.78 is 5.63. The van der Waals surface area contributed by atoms with E-state index in [1.807, 2.05) is 30.9 Å². The number of thioether (sulfide) groups is 1. The van der Waals surface area contributed by atoms with Crippen LogP contribution in [0.2, 0.25) is 5.02 Å². The van der Waals surface area contributed by atoms with Crippen molar-refractivity contribution in [3.8, 4) is 11.5 Å². The van der Waals surface area contributed by atoms with E-state index >= 15 is 0 Å². The summed E-state index contributed by atoms with van der Waals surface area (Å²) in [6.07, 6.45) is 3.31. The lowest BCUT2D eigenvalue weighted by atomic mass is 10.2. The fraction of sp³-hybridized carbons (Fsp3) is 0.500. The molecule has 0 radical (unpaired) electrons. The number of carbonyl (C=O) groups excluding carboxylic acids is 1. The van der Waals surface area contributed by atoms with Crippen LogP contribution >= 0.6 is 23.4 Å². The monoisotopic (exact) mass is 381 g/mol. The molecule has 1 heterocycles. The highest BCUT2D eigenvalue weighted by Gasteiger charge is 2.18. The van der Waals surface area contributed by atoms with Crippen LogP contribution in [0.3, 0.4) is 0 Å². The van der Waals surface area contributed by atoms with Gasteiger partial charge in [0.15, 0.2) is 0 Å². The Morgan fingerprint density at radius 2 is 1.96 bits per heavy atom. The maximum absolute atomic E-state index is 12.5. The van der Waals surface area contributed by atoms with E-state index in [-0.39, 0.29) is 11.9 Å². The molecule has 1 aromatic carbocycles. The average molecular weight is 382 g/mol. The summed E-state index contributed by atoms with van der Waals surface area (Å²) in [5.41, 5.74) is 0.804. The van der Waals surface area contributed by atoms with E-state index in [4.69, 9.17) is 16.0 Å². The molecular weight excluding hydrogens is 358 g/mol. The van der Waals surface area contributed by atoms with Gasteiger partial charge in [-0.3, -0.25) is 4.79 Å². The standard InChI is InChI=1S/C18H24ClN3O2S/c1-4-5-6-11-22(13(2)3)16(23)12-25-18-21-20-17(24-18)14-7-9-15(19)10-8-14/h7-10,13H,4-6,11-12H2,1-3H3. The third kappa shape index (κ3) is 6.04. The molecule has 0 saturated carbocycles. The summed E-state index contributed by atoms with van der Waals surface area (Å²) in [6, 6.07) is 7.38. The van der Waals surface area contributed by atoms with Gasteiger partial charge in [-0.15, -0.1) is 10.2 Å². The molecule has 1 aromatic heterocycles. The maximum atomic E-state index is 12.5. The number of benzene rings is 1. The Morgan fingerprint density at radius 3 is 2.60 bits per heavy atom. The van der Waals surface area contributed by atoms with Gasteiger partial charge in [0, 0.05) is 23.2 Å². The van der Waals surface area contributed by atoms with Crippen LogP contribution in [0, 0.1) is 0 Å². The minimum absolute atomic E-state index is 0.0994. The van der Waals surface area contributed by atoms with Gasteiger partial charge in [-0.05, 0) is 44.5 Å². The predicted octanol–water partition coefficient (Wildman–Crippen LogP) is 4.91. The van der Waals surface area contributed by atoms with Gasteiger partial charge >= 0.3 is 0 Å². The van der Waals surface area contributed by atoms with Crippen molar-refractivity contribution < 1.29 is 9.21 Å². The van der Waals surface area contributed by atoms with Crippen molar-refractivity contribution in [1.82, 2.24) is 15.1 Å². The highest BCUT2D eigenvalue weighted by Crippen LogP contribution is 2.24. The summed E-state index contributed by atoms with van der Waals surface area (Å²) in [6.45, 7) is 7.04. The van der Waals surface area contributed by atoms with E-state index in [9.17, 15) is 4.79 Å². The van der Waals surface area contributed by atoms with Gasteiger partial charge in [0.1, 0.15) is 0 Å². The molecule has 0 N–H and O–H groups in total. The lowest BCUT2D eigenvalue weighted by Crippen LogP contribution is -2.38. The van der Waals surface area contributed by atoms with Gasteiger partial charge < -0.3 is 9.32 Å². The summed E-state index contributed by atoms with van der Waals surface area (Å²) in [4.78, 5) is 14.4. The molecule has 0 aliphatic carbocycles. The molecule has 1 amide bonds. The van der Waals surface area contributed by atoms with Gasteiger partial charge in [-0.2, -0.15) is 0 Å². The summed E-state index contributed by atoms with van der Waals surface area (Å²) in [5, 5.41) is 9.09. The van der Waals surface area contributed by atoms with Crippen molar-refractivity contribution in [2.24, 2.45) is 0 Å². The molecule has 0 unspecified atom stereocenters. The number of hydrogen-bond acceptors (Lipinski definition) is 5. The SMILES string of the molecule is CCCCCN(C(=O)CSc1nnc(-c2ccc(Cl)cc2)o1)C(C)C. The number of nitrogens with zero attached hydrogens (tertiary/aromatic N) is 3. The second kappa shape index (κ2) is 9.82. The van der Waals surface area contributed by atoms with E-state index in [0.29, 0.717) is 21.9 Å². The molecule has 0 atom stereocenters. The molecule has 0 saturated heterocycles. The van der Waals surface area contributed by atoms with Gasteiger partial charge in [0.05, 0.1) is 5.75 Å². The Labute approximate surface area is 158 Å². The third-order valence-corrected chi connectivity index (χ3v) is 4.82. The van der Waals surface area contributed by atoms with Crippen LogP contribution in [0.1, 0.15) is 40.0 Å². The zero-order valence-electron chi connectivity index (χ0n) is 14.9. The summed E-state index contributed by atoms with van der Waals surface area (Å²) in [5.74, 6) is 0.824. The lowest BCUT2D eigenvalue weighted by molar-refractivity contribution is -0.130. The van der Waals surface area contributed by atoms with Crippen LogP contribution in [0.4, 0.5) is 0 Å². The van der Waals surface area contributed by atoms with E-state index in [2.05, 4.69) is 17.1 Å². The maximum Gasteiger partial charge on any atom is 0.277 e. The molecule has 2 rings (SSSR count). The first-order chi connectivity index (χ1) is 12.0. The fourth-order valence-electron chi connectivity index (χ4n) is 2.39. The van der Waals surface area contributed by atoms with E-state index in [1.54, 1.807) is 12.1 Å². The first kappa shape index (κ1) is 19.8. The van der Waals surface area contributed by atoms with Crippen molar-refractivity contribution in [1.29, 1.82) is 0 Å². The number of halogens is 1. The number of carbonyl (C=O) groups is 1. The molecule has 0 spiro atoms. The van der Waals surface area contributed by atoms with Crippen molar-refractivity contribution in [3.05, 3.63) is 29.3 Å². The number of rotatable bonds is 9. The van der Waals surface area contributed by atoms with Crippen LogP contribution in [0.15, 0.2) is 33.9 Å². The molecule has 0 aliphatic rings. The van der Waals surface area contributed by atoms with Gasteiger partial charge in [-0.1, -0.05) is 43.1 Å². The minimum Gasteiger partial charge on any atom is -0.411 e. The Bertz CT molecular complexity index is 673. The van der Waals surface area contributed by atoms with Crippen LogP contribution < -0.4 is 0 Å². The van der Waals surface area contributed by atoms with Crippen molar-refractivity contribution >= 4 is 29.3 Å². The van der Waals surface area contributed by atoms with Crippen molar-refractivity contribution in [2.75, 3.05) is 12.3 Å². The lowest BCUT2D eigenvalue weighted by Gasteiger charge is -2.26. The Hall–Kier alpha value is -1.53. The zero-order valence-corrected chi connectivity index (χ0v) is 16.4. The van der Waals surface area contributed by atoms with Crippen molar-refractivity contribution in [3.63, 3.8) is 0 Å². The summed E-state index contributed by atoms with van der Waals surface area (Å²) >= 11 is 7.15. The molecule has 2 aromatic rings. The molecular formula is C18H24ClN3O2S. The first-order valence-corrected chi connectivity index (χ1v) is 9.89. The highest BCUT2D eigenvalue weighted by molar-refractivity contribution is 7.99. The topological polar surface area (TPSA) is 59.2 Å². The second-order valence-electron chi connectivity index (χ2n) is 6.06. The van der Waals surface area contributed by atoms with Gasteiger partial charge in [0.25, 0.3) is 5.22 Å². The van der Waals surface area contributed by atoms with E-state index < -0.39 is 0 Å². The molecule has 136 valence electrons. The Morgan fingerprint density at radius 1 is 1.24 bits per heavy atom. The summed E-state index contributed by atoms with van der Waals surface area (Å²) in [7, 11) is 0. The zero-order chi connectivity index (χ0) is 18.2. The number of amides is 1. The average Bonchev–Trinajstić information content (AvgIpc) is 3.06. The Kier molecular flexibility index (Phi) is 7.78. The second-order valence-corrected chi connectivity index (χ2v) is 7.42. The van der Waals surface area contributed by atoms with Gasteiger partial charge in [-0.25, -0.2) is 0 Å². The molecule has 0 aliphatic heterocycles. The van der Waals surface area contributed by atoms with E-state index in [0.717, 1.165) is 31.4 Å². The van der Waals surface area contributed by atoms with Gasteiger partial charge in [0.2, 0.25) is 11.8 Å². The molecule has 0 fully saturated rings. The fourth-order valence-corrected chi connectivity index (χ4v) is 3.16. The van der Waals surface area contributed by atoms with Crippen molar-refractivity contribution in [2.45, 2.75) is 51.3 Å². The highest BCUT2D eigenvalue weighted by atomic mass is 35.5. The smallest absolute Gasteiger partial charge is 0.277 e. The first-order valence-electron chi connectivity index (χ1n) is 8.53. The van der Waals surface area contributed by atoms with Crippen LogP contribution in [0.5, 0.6) is 0 Å². The van der Waals surface area contributed by atoms with E-state index in [1.165, 1.54) is 11.8 Å². The third-order valence-electron chi connectivity index (χ3n) is 3.76. The molecule has 5 nitrogen and oxygen atoms in total. The van der Waals surface area contributed by atoms with Crippen LogP contribution in [-0.2, 0) is 4.79 Å². The predicted molar refractivity (Wildman–Crippen MR) is 102 cm³/mol. The molecule has 7 heteroatoms. The minimum atomic E-state index is 0.0994. The number of hydrogen-bond donors (Lipinski definition) is 0. The van der Waals surface area contributed by atoms with Crippen LogP contribution in [-0.4, -0.2) is 39.3 Å². The largest absolute Gasteiger partial charge is 0.411 e. The quantitative estimate of drug-likeness (QED) is 0.456. The molecule has 0 bridgehead atoms. The van der Waals surface area contributed by atoms with Crippen LogP contribution in [0.25, 0.3) is 11.5 Å².